The van der Waals surface area contributed by atoms with Gasteiger partial charge in [0.1, 0.15) is 17.5 Å². The van der Waals surface area contributed by atoms with Crippen LogP contribution in [-0.4, -0.2) is 40.8 Å². The van der Waals surface area contributed by atoms with Gasteiger partial charge in [0.05, 0.1) is 18.2 Å². The van der Waals surface area contributed by atoms with Crippen LogP contribution in [0, 0.1) is 11.3 Å². The van der Waals surface area contributed by atoms with Gasteiger partial charge in [-0.3, -0.25) is 0 Å². The van der Waals surface area contributed by atoms with E-state index in [1.54, 1.807) is 4.90 Å². The Morgan fingerprint density at radius 3 is 2.66 bits per heavy atom. The summed E-state index contributed by atoms with van der Waals surface area (Å²) in [5.74, 6) is 0.785. The lowest BCUT2D eigenvalue weighted by Crippen LogP contribution is -2.36. The van der Waals surface area contributed by atoms with Crippen molar-refractivity contribution in [1.82, 2.24) is 9.88 Å². The highest BCUT2D eigenvalue weighted by Gasteiger charge is 2.30. The van der Waals surface area contributed by atoms with E-state index >= 15 is 0 Å². The van der Waals surface area contributed by atoms with Gasteiger partial charge in [-0.15, -0.1) is 0 Å². The SMILES string of the molecule is CC(C)(C)OC(=O)N1CC[C@H](Oc2ccc(/C=C/c3cc4ccc(C#N)cc4[nH]3)cc2)C1. The average Bonchev–Trinajstić information content (AvgIpc) is 3.38. The number of aromatic nitrogens is 1. The topological polar surface area (TPSA) is 78.3 Å². The van der Waals surface area contributed by atoms with Crippen molar-refractivity contribution in [2.75, 3.05) is 13.1 Å². The molecule has 0 bridgehead atoms. The first-order chi connectivity index (χ1) is 15.3. The molecule has 1 aromatic heterocycles. The molecule has 1 fully saturated rings. The van der Waals surface area contributed by atoms with Crippen molar-refractivity contribution in [3.05, 3.63) is 65.4 Å². The number of hydrogen-bond acceptors (Lipinski definition) is 4. The number of rotatable bonds is 4. The zero-order valence-electron chi connectivity index (χ0n) is 18.6. The second-order valence-electron chi connectivity index (χ2n) is 9.00. The van der Waals surface area contributed by atoms with Crippen LogP contribution in [-0.2, 0) is 4.74 Å². The maximum Gasteiger partial charge on any atom is 0.410 e. The summed E-state index contributed by atoms with van der Waals surface area (Å²) in [5, 5.41) is 10.1. The van der Waals surface area contributed by atoms with Crippen LogP contribution in [0.25, 0.3) is 23.1 Å². The van der Waals surface area contributed by atoms with Crippen LogP contribution >= 0.6 is 0 Å². The lowest BCUT2D eigenvalue weighted by atomic mass is 10.1. The highest BCUT2D eigenvalue weighted by Crippen LogP contribution is 2.22. The molecule has 164 valence electrons. The van der Waals surface area contributed by atoms with Gasteiger partial charge in [0.15, 0.2) is 0 Å². The molecule has 0 saturated carbocycles. The molecular formula is C26H27N3O3. The van der Waals surface area contributed by atoms with Gasteiger partial charge in [-0.2, -0.15) is 5.26 Å². The molecule has 0 aliphatic carbocycles. The van der Waals surface area contributed by atoms with E-state index in [-0.39, 0.29) is 12.2 Å². The Hall–Kier alpha value is -3.72. The van der Waals surface area contributed by atoms with Gasteiger partial charge in [0.2, 0.25) is 0 Å². The summed E-state index contributed by atoms with van der Waals surface area (Å²) in [6, 6.07) is 17.7. The minimum absolute atomic E-state index is 0.0337. The van der Waals surface area contributed by atoms with Gasteiger partial charge in [-0.25, -0.2) is 4.79 Å². The Bertz CT molecular complexity index is 1180. The number of nitrogens with one attached hydrogen (secondary N) is 1. The van der Waals surface area contributed by atoms with Crippen molar-refractivity contribution >= 4 is 29.1 Å². The van der Waals surface area contributed by atoms with E-state index in [2.05, 4.69) is 17.1 Å². The number of carbonyl (C=O) groups excluding carboxylic acids is 1. The lowest BCUT2D eigenvalue weighted by Gasteiger charge is -2.24. The van der Waals surface area contributed by atoms with Gasteiger partial charge in [0.25, 0.3) is 0 Å². The normalized spacial score (nSPS) is 16.4. The number of likely N-dealkylation sites (tertiary alicyclic amines) is 1. The van der Waals surface area contributed by atoms with Crippen molar-refractivity contribution in [3.8, 4) is 11.8 Å². The Labute approximate surface area is 188 Å². The molecule has 32 heavy (non-hydrogen) atoms. The van der Waals surface area contributed by atoms with Crippen molar-refractivity contribution in [3.63, 3.8) is 0 Å². The maximum absolute atomic E-state index is 12.2. The van der Waals surface area contributed by atoms with Crippen LogP contribution < -0.4 is 4.74 Å². The minimum Gasteiger partial charge on any atom is -0.489 e. The average molecular weight is 430 g/mol. The number of nitrogens with zero attached hydrogens (tertiary/aromatic N) is 2. The first-order valence-electron chi connectivity index (χ1n) is 10.7. The summed E-state index contributed by atoms with van der Waals surface area (Å²) in [5.41, 5.74) is 3.12. The monoisotopic (exact) mass is 429 g/mol. The number of ether oxygens (including phenoxy) is 2. The van der Waals surface area contributed by atoms with E-state index in [0.29, 0.717) is 18.7 Å². The molecule has 0 spiro atoms. The smallest absolute Gasteiger partial charge is 0.410 e. The Morgan fingerprint density at radius 1 is 1.16 bits per heavy atom. The fourth-order valence-corrected chi connectivity index (χ4v) is 3.66. The molecule has 6 heteroatoms. The zero-order chi connectivity index (χ0) is 22.7. The Morgan fingerprint density at radius 2 is 1.94 bits per heavy atom. The molecule has 1 aliphatic heterocycles. The third-order valence-corrected chi connectivity index (χ3v) is 5.21. The van der Waals surface area contributed by atoms with E-state index in [1.807, 2.05) is 75.4 Å². The number of amides is 1. The molecule has 1 amide bonds. The fraction of sp³-hybridized carbons (Fsp3) is 0.308. The van der Waals surface area contributed by atoms with E-state index in [0.717, 1.165) is 34.3 Å². The number of hydrogen-bond donors (Lipinski definition) is 1. The van der Waals surface area contributed by atoms with Crippen LogP contribution in [0.1, 0.15) is 44.0 Å². The minimum atomic E-state index is -0.494. The van der Waals surface area contributed by atoms with Crippen LogP contribution in [0.4, 0.5) is 4.79 Å². The zero-order valence-corrected chi connectivity index (χ0v) is 18.6. The third kappa shape index (κ3) is 5.30. The first kappa shape index (κ1) is 21.5. The number of aromatic amines is 1. The molecule has 0 unspecified atom stereocenters. The molecule has 2 aromatic carbocycles. The van der Waals surface area contributed by atoms with E-state index in [1.165, 1.54) is 0 Å². The summed E-state index contributed by atoms with van der Waals surface area (Å²) in [4.78, 5) is 17.2. The Kier molecular flexibility index (Phi) is 5.91. The van der Waals surface area contributed by atoms with Gasteiger partial charge >= 0.3 is 6.09 Å². The van der Waals surface area contributed by atoms with Gasteiger partial charge in [-0.1, -0.05) is 24.3 Å². The van der Waals surface area contributed by atoms with E-state index in [4.69, 9.17) is 14.7 Å². The molecule has 1 atom stereocenters. The highest BCUT2D eigenvalue weighted by atomic mass is 16.6. The molecule has 3 aromatic rings. The van der Waals surface area contributed by atoms with Crippen LogP contribution in [0.3, 0.4) is 0 Å². The van der Waals surface area contributed by atoms with Crippen molar-refractivity contribution in [2.24, 2.45) is 0 Å². The quantitative estimate of drug-likeness (QED) is 0.586. The number of fused-ring (bicyclic) bond motifs is 1. The number of nitriles is 1. The molecule has 6 nitrogen and oxygen atoms in total. The summed E-state index contributed by atoms with van der Waals surface area (Å²) in [6.45, 7) is 6.78. The van der Waals surface area contributed by atoms with Gasteiger partial charge in [0, 0.05) is 29.6 Å². The summed E-state index contributed by atoms with van der Waals surface area (Å²) < 4.78 is 11.5. The largest absolute Gasteiger partial charge is 0.489 e. The van der Waals surface area contributed by atoms with Crippen LogP contribution in [0.15, 0.2) is 48.5 Å². The maximum atomic E-state index is 12.2. The number of benzene rings is 2. The molecule has 1 N–H and O–H groups in total. The number of H-pyrrole nitrogens is 1. The molecule has 1 saturated heterocycles. The van der Waals surface area contributed by atoms with Crippen molar-refractivity contribution in [1.29, 1.82) is 5.26 Å². The summed E-state index contributed by atoms with van der Waals surface area (Å²) >= 11 is 0. The van der Waals surface area contributed by atoms with Gasteiger partial charge in [-0.05, 0) is 62.7 Å². The van der Waals surface area contributed by atoms with Crippen molar-refractivity contribution < 1.29 is 14.3 Å². The van der Waals surface area contributed by atoms with Crippen LogP contribution in [0.5, 0.6) is 5.75 Å². The molecular weight excluding hydrogens is 402 g/mol. The van der Waals surface area contributed by atoms with E-state index < -0.39 is 5.60 Å². The fourth-order valence-electron chi connectivity index (χ4n) is 3.66. The molecule has 4 rings (SSSR count). The second kappa shape index (κ2) is 8.80. The molecule has 2 heterocycles. The predicted molar refractivity (Wildman–Crippen MR) is 125 cm³/mol. The Balaban J connectivity index is 1.34. The first-order valence-corrected chi connectivity index (χ1v) is 10.7. The summed E-state index contributed by atoms with van der Waals surface area (Å²) in [7, 11) is 0. The predicted octanol–water partition coefficient (Wildman–Crippen LogP) is 5.60. The second-order valence-corrected chi connectivity index (χ2v) is 9.00. The van der Waals surface area contributed by atoms with Crippen LogP contribution in [0.2, 0.25) is 0 Å². The summed E-state index contributed by atoms with van der Waals surface area (Å²) in [6.07, 6.45) is 4.50. The van der Waals surface area contributed by atoms with Gasteiger partial charge < -0.3 is 19.4 Å². The van der Waals surface area contributed by atoms with Crippen molar-refractivity contribution in [2.45, 2.75) is 38.9 Å². The number of carbonyl (C=O) groups is 1. The third-order valence-electron chi connectivity index (χ3n) is 5.21. The standard InChI is InChI=1S/C26H27N3O3/c1-26(2,3)32-25(30)29-13-12-23(17-29)31-22-10-6-18(7-11-22)5-9-21-15-20-8-4-19(16-27)14-24(20)28-21/h4-11,14-15,23,28H,12-13,17H2,1-3H3/b9-5+/t23-/m0/s1. The van der Waals surface area contributed by atoms with E-state index in [9.17, 15) is 4.79 Å². The lowest BCUT2D eigenvalue weighted by molar-refractivity contribution is 0.0275. The molecule has 1 aliphatic rings. The highest BCUT2D eigenvalue weighted by molar-refractivity contribution is 5.85. The molecule has 0 radical (unpaired) electrons.